The van der Waals surface area contributed by atoms with Crippen molar-refractivity contribution in [2.45, 2.75) is 72.0 Å². The maximum absolute atomic E-state index is 13.8. The topological polar surface area (TPSA) is 160 Å². The molecule has 0 fully saturated rings. The molecule has 3 heterocycles. The highest BCUT2D eigenvalue weighted by molar-refractivity contribution is 5.96. The highest BCUT2D eigenvalue weighted by atomic mass is 16.5. The first-order valence-corrected chi connectivity index (χ1v) is 15.8. The molecule has 246 valence electrons. The minimum absolute atomic E-state index is 0.0837. The fraction of sp³-hybridized carbons (Fsp3) is 0.485. The largest absolute Gasteiger partial charge is 0.477 e. The monoisotopic (exact) mass is 632 g/mol. The molecule has 1 aliphatic rings. The molecule has 3 aromatic rings. The third kappa shape index (κ3) is 9.35. The summed E-state index contributed by atoms with van der Waals surface area (Å²) in [6.45, 7) is 8.66. The van der Waals surface area contributed by atoms with Gasteiger partial charge >= 0.3 is 0 Å². The van der Waals surface area contributed by atoms with Gasteiger partial charge in [-0.3, -0.25) is 19.2 Å². The van der Waals surface area contributed by atoms with E-state index in [1.807, 2.05) is 51.1 Å². The van der Waals surface area contributed by atoms with Crippen molar-refractivity contribution in [1.82, 2.24) is 40.6 Å². The predicted octanol–water partition coefficient (Wildman–Crippen LogP) is 2.36. The Morgan fingerprint density at radius 2 is 1.78 bits per heavy atom. The summed E-state index contributed by atoms with van der Waals surface area (Å²) in [5.41, 5.74) is 1.22. The molecule has 2 atom stereocenters. The number of aromatic nitrogens is 4. The van der Waals surface area contributed by atoms with Crippen LogP contribution >= 0.6 is 0 Å². The highest BCUT2D eigenvalue weighted by Gasteiger charge is 2.30. The number of amides is 4. The quantitative estimate of drug-likeness (QED) is 0.373. The summed E-state index contributed by atoms with van der Waals surface area (Å²) in [7, 11) is 0. The van der Waals surface area contributed by atoms with E-state index in [9.17, 15) is 19.2 Å². The smallest absolute Gasteiger partial charge is 0.259 e. The van der Waals surface area contributed by atoms with Crippen LogP contribution in [0.25, 0.3) is 0 Å². The molecular weight excluding hydrogens is 588 g/mol. The van der Waals surface area contributed by atoms with E-state index in [0.29, 0.717) is 49.8 Å². The summed E-state index contributed by atoms with van der Waals surface area (Å²) in [6, 6.07) is 11.4. The van der Waals surface area contributed by atoms with E-state index in [1.54, 1.807) is 30.2 Å². The Labute approximate surface area is 269 Å². The molecule has 13 nitrogen and oxygen atoms in total. The summed E-state index contributed by atoms with van der Waals surface area (Å²) in [5, 5.41) is 13.3. The molecule has 2 aromatic heterocycles. The third-order valence-corrected chi connectivity index (χ3v) is 7.61. The Hall–Kier alpha value is -4.81. The summed E-state index contributed by atoms with van der Waals surface area (Å²) < 4.78 is 7.10. The lowest BCUT2D eigenvalue weighted by molar-refractivity contribution is -0.129. The summed E-state index contributed by atoms with van der Waals surface area (Å²) in [6.07, 6.45) is 2.80. The lowest BCUT2D eigenvalue weighted by atomic mass is 10.0. The first-order chi connectivity index (χ1) is 22.2. The lowest BCUT2D eigenvalue weighted by Gasteiger charge is -2.26. The molecule has 0 spiro atoms. The SMILES string of the molecule is CCOc1ncccc1C(=O)N1CCCNC(=O)Cn2nc(C)nc2[C@H](C(C)C)NC(=O)[C@@H](Cc2ccccc2)NC(=O)CCC1. The Kier molecular flexibility index (Phi) is 12.2. The van der Waals surface area contributed by atoms with E-state index in [1.165, 1.54) is 4.68 Å². The molecule has 1 aromatic carbocycles. The van der Waals surface area contributed by atoms with Gasteiger partial charge in [-0.05, 0) is 50.3 Å². The highest BCUT2D eigenvalue weighted by Crippen LogP contribution is 2.22. The molecule has 0 bridgehead atoms. The number of benzene rings is 1. The summed E-state index contributed by atoms with van der Waals surface area (Å²) in [5.74, 6) is -0.119. The van der Waals surface area contributed by atoms with E-state index in [0.717, 1.165) is 5.56 Å². The van der Waals surface area contributed by atoms with Crippen molar-refractivity contribution in [3.63, 3.8) is 0 Å². The molecule has 0 unspecified atom stereocenters. The van der Waals surface area contributed by atoms with Crippen molar-refractivity contribution >= 4 is 23.6 Å². The van der Waals surface area contributed by atoms with Crippen LogP contribution in [-0.4, -0.2) is 80.6 Å². The van der Waals surface area contributed by atoms with Gasteiger partial charge < -0.3 is 25.6 Å². The zero-order chi connectivity index (χ0) is 33.1. The Morgan fingerprint density at radius 3 is 2.52 bits per heavy atom. The number of nitrogens with zero attached hydrogens (tertiary/aromatic N) is 5. The van der Waals surface area contributed by atoms with Gasteiger partial charge in [0, 0.05) is 38.7 Å². The zero-order valence-corrected chi connectivity index (χ0v) is 27.0. The van der Waals surface area contributed by atoms with Crippen molar-refractivity contribution < 1.29 is 23.9 Å². The van der Waals surface area contributed by atoms with Gasteiger partial charge in [-0.1, -0.05) is 44.2 Å². The van der Waals surface area contributed by atoms with Crippen LogP contribution in [0.15, 0.2) is 48.7 Å². The normalized spacial score (nSPS) is 18.9. The number of carbonyl (C=O) groups is 4. The third-order valence-electron chi connectivity index (χ3n) is 7.61. The van der Waals surface area contributed by atoms with Crippen LogP contribution in [0, 0.1) is 12.8 Å². The van der Waals surface area contributed by atoms with Crippen molar-refractivity contribution in [2.24, 2.45) is 5.92 Å². The average molecular weight is 633 g/mol. The van der Waals surface area contributed by atoms with Gasteiger partial charge in [0.1, 0.15) is 24.0 Å². The molecular formula is C33H44N8O5. The number of rotatable bonds is 6. The first kappa shape index (κ1) is 34.1. The fourth-order valence-electron chi connectivity index (χ4n) is 5.34. The van der Waals surface area contributed by atoms with Crippen LogP contribution in [0.2, 0.25) is 0 Å². The number of fused-ring (bicyclic) bond motifs is 1. The second-order valence-electron chi connectivity index (χ2n) is 11.6. The maximum Gasteiger partial charge on any atom is 0.259 e. The molecule has 46 heavy (non-hydrogen) atoms. The number of ether oxygens (including phenoxy) is 1. The van der Waals surface area contributed by atoms with Gasteiger partial charge in [-0.25, -0.2) is 14.6 Å². The van der Waals surface area contributed by atoms with E-state index >= 15 is 0 Å². The van der Waals surface area contributed by atoms with E-state index in [4.69, 9.17) is 4.74 Å². The van der Waals surface area contributed by atoms with Crippen LogP contribution in [0.1, 0.15) is 73.6 Å². The fourth-order valence-corrected chi connectivity index (χ4v) is 5.34. The molecule has 0 aliphatic carbocycles. The minimum Gasteiger partial charge on any atom is -0.477 e. The van der Waals surface area contributed by atoms with Gasteiger partial charge in [0.05, 0.1) is 12.6 Å². The molecule has 0 saturated heterocycles. The van der Waals surface area contributed by atoms with Crippen molar-refractivity contribution in [3.05, 3.63) is 71.4 Å². The van der Waals surface area contributed by atoms with Crippen LogP contribution in [0.4, 0.5) is 0 Å². The van der Waals surface area contributed by atoms with Crippen LogP contribution < -0.4 is 20.7 Å². The average Bonchev–Trinajstić information content (AvgIpc) is 3.39. The molecule has 0 saturated carbocycles. The summed E-state index contributed by atoms with van der Waals surface area (Å²) >= 11 is 0. The van der Waals surface area contributed by atoms with Gasteiger partial charge in [0.2, 0.25) is 23.6 Å². The number of hydrogen-bond acceptors (Lipinski definition) is 8. The molecule has 13 heteroatoms. The Bertz CT molecular complexity index is 1490. The molecule has 0 radical (unpaired) electrons. The molecule has 3 N–H and O–H groups in total. The van der Waals surface area contributed by atoms with Gasteiger partial charge in [0.15, 0.2) is 5.82 Å². The van der Waals surface area contributed by atoms with Gasteiger partial charge in [0.25, 0.3) is 5.91 Å². The molecule has 1 aliphatic heterocycles. The Morgan fingerprint density at radius 1 is 1.02 bits per heavy atom. The van der Waals surface area contributed by atoms with Crippen LogP contribution in [0.5, 0.6) is 5.88 Å². The van der Waals surface area contributed by atoms with E-state index in [-0.39, 0.29) is 61.4 Å². The standard InChI is InChI=1S/C33H44N8O5/c1-5-46-32-25(14-9-16-35-32)33(45)40-18-10-15-27(42)37-26(20-24-12-7-6-8-13-24)31(44)38-29(22(2)3)30-36-23(4)39-41(30)21-28(43)34-17-11-19-40/h6-9,12-14,16,22,26,29H,5,10-11,15,17-21H2,1-4H3,(H,34,43)(H,37,42)(H,38,44)/t26-,29+/m1/s1. The van der Waals surface area contributed by atoms with E-state index in [2.05, 4.69) is 31.0 Å². The number of hydrogen-bond donors (Lipinski definition) is 3. The minimum atomic E-state index is -0.863. The number of aryl methyl sites for hydroxylation is 1. The zero-order valence-electron chi connectivity index (χ0n) is 27.0. The second kappa shape index (κ2) is 16.5. The summed E-state index contributed by atoms with van der Waals surface area (Å²) in [4.78, 5) is 64.1. The van der Waals surface area contributed by atoms with Crippen molar-refractivity contribution in [2.75, 3.05) is 26.2 Å². The van der Waals surface area contributed by atoms with Crippen LogP contribution in [-0.2, 0) is 27.3 Å². The van der Waals surface area contributed by atoms with Gasteiger partial charge in [-0.2, -0.15) is 5.10 Å². The van der Waals surface area contributed by atoms with Crippen molar-refractivity contribution in [3.8, 4) is 5.88 Å². The lowest BCUT2D eigenvalue weighted by Crippen LogP contribution is -2.50. The molecule has 4 amide bonds. The first-order valence-electron chi connectivity index (χ1n) is 15.8. The number of nitrogens with one attached hydrogen (secondary N) is 3. The van der Waals surface area contributed by atoms with E-state index < -0.39 is 12.1 Å². The number of carbonyl (C=O) groups excluding carboxylic acids is 4. The maximum atomic E-state index is 13.8. The Balaban J connectivity index is 1.61. The number of pyridine rings is 1. The van der Waals surface area contributed by atoms with Gasteiger partial charge in [-0.15, -0.1) is 0 Å². The van der Waals surface area contributed by atoms with Crippen LogP contribution in [0.3, 0.4) is 0 Å². The molecule has 4 rings (SSSR count). The second-order valence-corrected chi connectivity index (χ2v) is 11.6. The van der Waals surface area contributed by atoms with Crippen molar-refractivity contribution in [1.29, 1.82) is 0 Å². The predicted molar refractivity (Wildman–Crippen MR) is 171 cm³/mol.